The van der Waals surface area contributed by atoms with Crippen molar-refractivity contribution in [2.75, 3.05) is 0 Å². The van der Waals surface area contributed by atoms with E-state index >= 15 is 0 Å². The predicted octanol–water partition coefficient (Wildman–Crippen LogP) is 1.10. The third kappa shape index (κ3) is 2.06. The minimum atomic E-state index is -0.0764. The molecular weight excluding hydrogens is 288 g/mol. The minimum Gasteiger partial charge on any atom is -0.504 e. The molecular formula is C6H6O2W. The first-order valence-corrected chi connectivity index (χ1v) is 2.27. The Bertz CT molecular complexity index is 167. The van der Waals surface area contributed by atoms with Crippen LogP contribution in [-0.4, -0.2) is 10.2 Å². The van der Waals surface area contributed by atoms with Crippen molar-refractivity contribution >= 4 is 0 Å². The third-order valence-electron chi connectivity index (χ3n) is 0.882. The van der Waals surface area contributed by atoms with Gasteiger partial charge in [0.1, 0.15) is 0 Å². The summed E-state index contributed by atoms with van der Waals surface area (Å²) < 4.78 is 0. The molecule has 9 heavy (non-hydrogen) atoms. The summed E-state index contributed by atoms with van der Waals surface area (Å²) in [5.74, 6) is -0.153. The molecule has 0 spiro atoms. The average molecular weight is 294 g/mol. The van der Waals surface area contributed by atoms with Gasteiger partial charge in [-0.2, -0.15) is 0 Å². The fraction of sp³-hybridized carbons (Fsp3) is 0. The summed E-state index contributed by atoms with van der Waals surface area (Å²) in [7, 11) is 0. The quantitative estimate of drug-likeness (QED) is 0.703. The number of hydrogen-bond donors (Lipinski definition) is 2. The fourth-order valence-corrected chi connectivity index (χ4v) is 0.464. The molecule has 0 unspecified atom stereocenters. The first-order chi connectivity index (χ1) is 3.80. The molecule has 0 aliphatic heterocycles. The van der Waals surface area contributed by atoms with Crippen LogP contribution in [0.4, 0.5) is 0 Å². The number of para-hydroxylation sites is 2. The average Bonchev–Trinajstić information content (AvgIpc) is 1.77. The molecule has 3 heteroatoms. The van der Waals surface area contributed by atoms with E-state index in [-0.39, 0.29) is 32.6 Å². The molecule has 2 N–H and O–H groups in total. The number of phenolic OH excluding ortho intramolecular Hbond substituents is 2. The largest absolute Gasteiger partial charge is 0.504 e. The molecule has 0 radical (unpaired) electrons. The van der Waals surface area contributed by atoms with Crippen LogP contribution in [-0.2, 0) is 21.1 Å². The van der Waals surface area contributed by atoms with Gasteiger partial charge < -0.3 is 10.2 Å². The Morgan fingerprint density at radius 2 is 1.22 bits per heavy atom. The number of hydrogen-bond acceptors (Lipinski definition) is 2. The van der Waals surface area contributed by atoms with E-state index in [1.54, 1.807) is 12.1 Å². The number of benzene rings is 1. The molecule has 0 bridgehead atoms. The van der Waals surface area contributed by atoms with Gasteiger partial charge in [0.2, 0.25) is 0 Å². The van der Waals surface area contributed by atoms with Gasteiger partial charge in [0.25, 0.3) is 0 Å². The van der Waals surface area contributed by atoms with Crippen LogP contribution in [0.1, 0.15) is 0 Å². The van der Waals surface area contributed by atoms with Gasteiger partial charge in [-0.1, -0.05) is 12.1 Å². The van der Waals surface area contributed by atoms with E-state index in [4.69, 9.17) is 10.2 Å². The Balaban J connectivity index is 0.000000640. The summed E-state index contributed by atoms with van der Waals surface area (Å²) in [5, 5.41) is 17.3. The monoisotopic (exact) mass is 294 g/mol. The molecule has 0 aliphatic rings. The van der Waals surface area contributed by atoms with Gasteiger partial charge in [-0.15, -0.1) is 0 Å². The van der Waals surface area contributed by atoms with Crippen LogP contribution in [0.3, 0.4) is 0 Å². The van der Waals surface area contributed by atoms with Crippen LogP contribution >= 0.6 is 0 Å². The van der Waals surface area contributed by atoms with E-state index in [1.165, 1.54) is 12.1 Å². The van der Waals surface area contributed by atoms with Crippen molar-refractivity contribution < 1.29 is 31.3 Å². The van der Waals surface area contributed by atoms with Crippen molar-refractivity contribution in [3.63, 3.8) is 0 Å². The number of aromatic hydroxyl groups is 2. The Morgan fingerprint density at radius 1 is 0.889 bits per heavy atom. The zero-order chi connectivity index (χ0) is 5.98. The third-order valence-corrected chi connectivity index (χ3v) is 0.882. The predicted molar refractivity (Wildman–Crippen MR) is 29.8 cm³/mol. The standard InChI is InChI=1S/C6H6O2.W/c7-5-3-1-2-4-6(5)8;/h1-4,7-8H;. The molecule has 0 aliphatic carbocycles. The molecule has 48 valence electrons. The number of phenols is 2. The molecule has 0 fully saturated rings. The Morgan fingerprint density at radius 3 is 1.44 bits per heavy atom. The summed E-state index contributed by atoms with van der Waals surface area (Å²) in [5.41, 5.74) is 0. The SMILES string of the molecule is Oc1ccccc1O.[W]. The molecule has 1 aromatic carbocycles. The van der Waals surface area contributed by atoms with Crippen molar-refractivity contribution in [2.45, 2.75) is 0 Å². The van der Waals surface area contributed by atoms with Gasteiger partial charge in [-0.25, -0.2) is 0 Å². The molecule has 2 nitrogen and oxygen atoms in total. The normalized spacial score (nSPS) is 8.00. The van der Waals surface area contributed by atoms with Crippen molar-refractivity contribution in [1.29, 1.82) is 0 Å². The topological polar surface area (TPSA) is 40.5 Å². The van der Waals surface area contributed by atoms with Crippen molar-refractivity contribution in [1.82, 2.24) is 0 Å². The fourth-order valence-electron chi connectivity index (χ4n) is 0.464. The van der Waals surface area contributed by atoms with Gasteiger partial charge in [0.15, 0.2) is 11.5 Å². The van der Waals surface area contributed by atoms with E-state index in [9.17, 15) is 0 Å². The summed E-state index contributed by atoms with van der Waals surface area (Å²) in [6.07, 6.45) is 0. The number of rotatable bonds is 0. The maximum absolute atomic E-state index is 8.67. The van der Waals surface area contributed by atoms with E-state index in [0.29, 0.717) is 0 Å². The second kappa shape index (κ2) is 3.52. The Hall–Kier alpha value is -0.492. The maximum Gasteiger partial charge on any atom is 0.157 e. The van der Waals surface area contributed by atoms with Crippen LogP contribution in [0.15, 0.2) is 24.3 Å². The Kier molecular flexibility index (Phi) is 3.33. The molecule has 0 saturated carbocycles. The molecule has 0 heterocycles. The van der Waals surface area contributed by atoms with Crippen molar-refractivity contribution in [3.05, 3.63) is 24.3 Å². The second-order valence-corrected chi connectivity index (χ2v) is 1.49. The zero-order valence-electron chi connectivity index (χ0n) is 4.61. The summed E-state index contributed by atoms with van der Waals surface area (Å²) >= 11 is 0. The first kappa shape index (κ1) is 8.51. The van der Waals surface area contributed by atoms with Gasteiger partial charge in [-0.05, 0) is 12.1 Å². The van der Waals surface area contributed by atoms with Crippen LogP contribution in [0.2, 0.25) is 0 Å². The van der Waals surface area contributed by atoms with Gasteiger partial charge in [0.05, 0.1) is 0 Å². The smallest absolute Gasteiger partial charge is 0.157 e. The van der Waals surface area contributed by atoms with Crippen LogP contribution in [0.5, 0.6) is 11.5 Å². The first-order valence-electron chi connectivity index (χ1n) is 2.27. The van der Waals surface area contributed by atoms with Gasteiger partial charge in [0, 0.05) is 21.1 Å². The summed E-state index contributed by atoms with van der Waals surface area (Å²) in [4.78, 5) is 0. The Labute approximate surface area is 67.4 Å². The van der Waals surface area contributed by atoms with Crippen molar-refractivity contribution in [2.24, 2.45) is 0 Å². The molecule has 0 saturated heterocycles. The molecule has 1 aromatic rings. The van der Waals surface area contributed by atoms with Gasteiger partial charge in [-0.3, -0.25) is 0 Å². The van der Waals surface area contributed by atoms with E-state index < -0.39 is 0 Å². The second-order valence-electron chi connectivity index (χ2n) is 1.49. The zero-order valence-corrected chi connectivity index (χ0v) is 7.55. The minimum absolute atomic E-state index is 0. The van der Waals surface area contributed by atoms with Crippen LogP contribution in [0.25, 0.3) is 0 Å². The maximum atomic E-state index is 8.67. The van der Waals surface area contributed by atoms with Crippen LogP contribution < -0.4 is 0 Å². The molecule has 0 aromatic heterocycles. The van der Waals surface area contributed by atoms with Crippen molar-refractivity contribution in [3.8, 4) is 11.5 Å². The summed E-state index contributed by atoms with van der Waals surface area (Å²) in [6.45, 7) is 0. The molecule has 0 atom stereocenters. The summed E-state index contributed by atoms with van der Waals surface area (Å²) in [6, 6.07) is 6.15. The van der Waals surface area contributed by atoms with Crippen LogP contribution in [0, 0.1) is 0 Å². The molecule has 1 rings (SSSR count). The van der Waals surface area contributed by atoms with E-state index in [0.717, 1.165) is 0 Å². The molecule has 0 amide bonds. The van der Waals surface area contributed by atoms with E-state index in [2.05, 4.69) is 0 Å². The van der Waals surface area contributed by atoms with Gasteiger partial charge >= 0.3 is 0 Å². The van der Waals surface area contributed by atoms with E-state index in [1.807, 2.05) is 0 Å².